The van der Waals surface area contributed by atoms with Crippen molar-refractivity contribution in [1.29, 1.82) is 0 Å². The summed E-state index contributed by atoms with van der Waals surface area (Å²) in [7, 11) is 0. The SMILES string of the molecule is CCOC(=O)c1cc2c(=O)n3cccc(C)c3nc2n(Cc2ccco2)c1=NC(=O)C=Cc1ccccc1. The first-order chi connectivity index (χ1) is 18.5. The Labute approximate surface area is 217 Å². The molecule has 9 heteroatoms. The van der Waals surface area contributed by atoms with E-state index in [4.69, 9.17) is 14.1 Å². The fraction of sp³-hybridized carbons (Fsp3) is 0.138. The fourth-order valence-corrected chi connectivity index (χ4v) is 4.15. The molecule has 0 saturated carbocycles. The van der Waals surface area contributed by atoms with E-state index < -0.39 is 11.9 Å². The minimum Gasteiger partial charge on any atom is -0.467 e. The van der Waals surface area contributed by atoms with Gasteiger partial charge in [-0.05, 0) is 55.3 Å². The monoisotopic (exact) mass is 508 g/mol. The number of carbonyl (C=O) groups is 2. The molecule has 0 saturated heterocycles. The molecule has 0 aliphatic heterocycles. The molecule has 4 heterocycles. The Bertz CT molecular complexity index is 1810. The zero-order valence-corrected chi connectivity index (χ0v) is 20.8. The first-order valence-electron chi connectivity index (χ1n) is 12.0. The minimum absolute atomic E-state index is 0.0138. The second-order valence-corrected chi connectivity index (χ2v) is 8.50. The summed E-state index contributed by atoms with van der Waals surface area (Å²) >= 11 is 0. The highest BCUT2D eigenvalue weighted by Gasteiger charge is 2.21. The maximum atomic E-state index is 13.5. The third-order valence-corrected chi connectivity index (χ3v) is 5.93. The lowest BCUT2D eigenvalue weighted by molar-refractivity contribution is -0.113. The van der Waals surface area contributed by atoms with Gasteiger partial charge in [0.2, 0.25) is 0 Å². The van der Waals surface area contributed by atoms with Crippen molar-refractivity contribution in [2.24, 2.45) is 4.99 Å². The first-order valence-corrected chi connectivity index (χ1v) is 12.0. The number of benzene rings is 1. The van der Waals surface area contributed by atoms with Crippen LogP contribution in [0.1, 0.15) is 34.2 Å². The summed E-state index contributed by atoms with van der Waals surface area (Å²) in [5, 5.41) is 0.175. The highest BCUT2D eigenvalue weighted by atomic mass is 16.5. The number of hydrogen-bond acceptors (Lipinski definition) is 6. The Kier molecular flexibility index (Phi) is 6.82. The highest BCUT2D eigenvalue weighted by Crippen LogP contribution is 2.15. The van der Waals surface area contributed by atoms with Crippen molar-refractivity contribution in [3.8, 4) is 0 Å². The van der Waals surface area contributed by atoms with Gasteiger partial charge in [0.05, 0.1) is 24.8 Å². The molecule has 38 heavy (non-hydrogen) atoms. The van der Waals surface area contributed by atoms with Gasteiger partial charge in [-0.1, -0.05) is 36.4 Å². The van der Waals surface area contributed by atoms with Crippen LogP contribution in [0.4, 0.5) is 0 Å². The van der Waals surface area contributed by atoms with Crippen LogP contribution in [0.3, 0.4) is 0 Å². The van der Waals surface area contributed by atoms with Crippen LogP contribution in [0.15, 0.2) is 93.4 Å². The van der Waals surface area contributed by atoms with Crippen molar-refractivity contribution >= 4 is 34.6 Å². The Morgan fingerprint density at radius 2 is 1.89 bits per heavy atom. The quantitative estimate of drug-likeness (QED) is 0.195. The normalized spacial score (nSPS) is 12.0. The summed E-state index contributed by atoms with van der Waals surface area (Å²) < 4.78 is 13.8. The van der Waals surface area contributed by atoms with Crippen molar-refractivity contribution < 1.29 is 18.7 Å². The van der Waals surface area contributed by atoms with E-state index in [0.29, 0.717) is 11.4 Å². The molecule has 9 nitrogen and oxygen atoms in total. The number of hydrogen-bond donors (Lipinski definition) is 0. The van der Waals surface area contributed by atoms with Crippen molar-refractivity contribution in [2.45, 2.75) is 20.4 Å². The van der Waals surface area contributed by atoms with Crippen LogP contribution in [-0.4, -0.2) is 32.4 Å². The number of aromatic nitrogens is 3. The number of aryl methyl sites for hydroxylation is 1. The number of ether oxygens (including phenoxy) is 1. The third kappa shape index (κ3) is 4.81. The van der Waals surface area contributed by atoms with E-state index in [0.717, 1.165) is 11.1 Å². The van der Waals surface area contributed by atoms with Crippen molar-refractivity contribution in [2.75, 3.05) is 6.61 Å². The summed E-state index contributed by atoms with van der Waals surface area (Å²) in [6.45, 7) is 3.69. The molecule has 0 aliphatic carbocycles. The maximum absolute atomic E-state index is 13.5. The summed E-state index contributed by atoms with van der Waals surface area (Å²) in [6.07, 6.45) is 6.09. The first kappa shape index (κ1) is 24.6. The third-order valence-electron chi connectivity index (χ3n) is 5.93. The van der Waals surface area contributed by atoms with Crippen LogP contribution in [-0.2, 0) is 16.1 Å². The average Bonchev–Trinajstić information content (AvgIpc) is 3.43. The topological polar surface area (TPSA) is 108 Å². The Balaban J connectivity index is 1.83. The van der Waals surface area contributed by atoms with Gasteiger partial charge >= 0.3 is 5.97 Å². The van der Waals surface area contributed by atoms with E-state index in [-0.39, 0.29) is 40.8 Å². The lowest BCUT2D eigenvalue weighted by Gasteiger charge is -2.14. The fourth-order valence-electron chi connectivity index (χ4n) is 4.15. The zero-order valence-electron chi connectivity index (χ0n) is 20.8. The van der Waals surface area contributed by atoms with Gasteiger partial charge in [0.25, 0.3) is 11.5 Å². The molecule has 0 atom stereocenters. The Morgan fingerprint density at radius 1 is 1.08 bits per heavy atom. The van der Waals surface area contributed by atoms with Gasteiger partial charge in [0, 0.05) is 12.3 Å². The summed E-state index contributed by atoms with van der Waals surface area (Å²) in [4.78, 5) is 48.7. The lowest BCUT2D eigenvalue weighted by Crippen LogP contribution is -2.33. The van der Waals surface area contributed by atoms with E-state index in [1.807, 2.05) is 43.3 Å². The molecule has 4 aromatic heterocycles. The number of carbonyl (C=O) groups excluding carboxylic acids is 2. The maximum Gasteiger partial charge on any atom is 0.341 e. The Hall–Kier alpha value is -5.05. The van der Waals surface area contributed by atoms with E-state index >= 15 is 0 Å². The predicted octanol–water partition coefficient (Wildman–Crippen LogP) is 3.92. The van der Waals surface area contributed by atoms with E-state index in [9.17, 15) is 14.4 Å². The van der Waals surface area contributed by atoms with Gasteiger partial charge in [-0.25, -0.2) is 9.78 Å². The molecule has 0 spiro atoms. The zero-order chi connectivity index (χ0) is 26.6. The molecule has 0 radical (unpaired) electrons. The lowest BCUT2D eigenvalue weighted by atomic mass is 10.2. The van der Waals surface area contributed by atoms with Gasteiger partial charge in [-0.3, -0.25) is 14.0 Å². The van der Waals surface area contributed by atoms with Crippen LogP contribution in [0.25, 0.3) is 22.8 Å². The smallest absolute Gasteiger partial charge is 0.341 e. The van der Waals surface area contributed by atoms with Gasteiger partial charge in [0.15, 0.2) is 5.49 Å². The van der Waals surface area contributed by atoms with Crippen LogP contribution in [0, 0.1) is 6.92 Å². The molecular formula is C29H24N4O5. The average molecular weight is 509 g/mol. The van der Waals surface area contributed by atoms with Crippen molar-refractivity contribution in [3.05, 3.63) is 117 Å². The van der Waals surface area contributed by atoms with Crippen LogP contribution in [0.2, 0.25) is 0 Å². The highest BCUT2D eigenvalue weighted by molar-refractivity contribution is 5.96. The molecule has 0 bridgehead atoms. The molecule has 1 amide bonds. The van der Waals surface area contributed by atoms with E-state index in [1.54, 1.807) is 42.0 Å². The molecule has 5 rings (SSSR count). The molecule has 0 fully saturated rings. The number of furan rings is 1. The standard InChI is InChI=1S/C29H24N4O5/c1-3-37-29(36)23-17-22-26(31-25-19(2)9-7-15-32(25)28(22)35)33(18-21-12-8-16-38-21)27(23)30-24(34)14-13-20-10-5-4-6-11-20/h4-17H,3,18H2,1-2H3. The van der Waals surface area contributed by atoms with Crippen molar-refractivity contribution in [1.82, 2.24) is 14.0 Å². The van der Waals surface area contributed by atoms with Gasteiger partial charge in [0.1, 0.15) is 22.6 Å². The van der Waals surface area contributed by atoms with Gasteiger partial charge in [-0.15, -0.1) is 0 Å². The second-order valence-electron chi connectivity index (χ2n) is 8.50. The van der Waals surface area contributed by atoms with E-state index in [2.05, 4.69) is 4.99 Å². The molecule has 0 unspecified atom stereocenters. The van der Waals surface area contributed by atoms with Crippen LogP contribution >= 0.6 is 0 Å². The van der Waals surface area contributed by atoms with Gasteiger partial charge < -0.3 is 13.7 Å². The number of esters is 1. The summed E-state index contributed by atoms with van der Waals surface area (Å²) in [6, 6.07) is 17.8. The largest absolute Gasteiger partial charge is 0.467 e. The van der Waals surface area contributed by atoms with Crippen molar-refractivity contribution in [3.63, 3.8) is 0 Å². The molecular weight excluding hydrogens is 484 g/mol. The van der Waals surface area contributed by atoms with Crippen LogP contribution < -0.4 is 11.0 Å². The summed E-state index contributed by atoms with van der Waals surface area (Å²) in [5.41, 5.74) is 1.93. The minimum atomic E-state index is -0.713. The Morgan fingerprint density at radius 3 is 2.63 bits per heavy atom. The molecule has 190 valence electrons. The number of amides is 1. The van der Waals surface area contributed by atoms with Gasteiger partial charge in [-0.2, -0.15) is 4.99 Å². The molecule has 0 aliphatic rings. The van der Waals surface area contributed by atoms with E-state index in [1.165, 1.54) is 22.8 Å². The number of nitrogens with zero attached hydrogens (tertiary/aromatic N) is 4. The molecule has 1 aromatic carbocycles. The summed E-state index contributed by atoms with van der Waals surface area (Å²) in [5.74, 6) is -0.789. The molecule has 5 aromatic rings. The second kappa shape index (κ2) is 10.5. The number of pyridine rings is 2. The number of rotatable bonds is 6. The van der Waals surface area contributed by atoms with Crippen LogP contribution in [0.5, 0.6) is 0 Å². The number of fused-ring (bicyclic) bond motifs is 2. The molecule has 0 N–H and O–H groups in total. The predicted molar refractivity (Wildman–Crippen MR) is 142 cm³/mol.